The maximum Gasteiger partial charge on any atom is 0.127 e. The second-order valence-corrected chi connectivity index (χ2v) is 9.31. The zero-order valence-electron chi connectivity index (χ0n) is 17.3. The molecule has 0 amide bonds. The Morgan fingerprint density at radius 1 is 1.07 bits per heavy atom. The summed E-state index contributed by atoms with van der Waals surface area (Å²) in [4.78, 5) is 6.89. The van der Waals surface area contributed by atoms with Gasteiger partial charge in [0.25, 0.3) is 0 Å². The number of piperidine rings is 1. The molecular weight excluding hydrogens is 335 g/mol. The van der Waals surface area contributed by atoms with Crippen molar-refractivity contribution in [3.05, 3.63) is 53.6 Å². The van der Waals surface area contributed by atoms with Gasteiger partial charge in [0.1, 0.15) is 5.82 Å². The molecule has 1 fully saturated rings. The minimum absolute atomic E-state index is 0.0850. The maximum atomic E-state index is 14.6. The van der Waals surface area contributed by atoms with Crippen molar-refractivity contribution >= 4 is 0 Å². The molecule has 3 heteroatoms. The lowest BCUT2D eigenvalue weighted by Crippen LogP contribution is -2.39. The Kier molecular flexibility index (Phi) is 6.31. The second-order valence-electron chi connectivity index (χ2n) is 9.31. The molecule has 1 aromatic carbocycles. The zero-order chi connectivity index (χ0) is 19.4. The van der Waals surface area contributed by atoms with Gasteiger partial charge in [-0.3, -0.25) is 4.98 Å². The van der Waals surface area contributed by atoms with Crippen molar-refractivity contribution in [3.8, 4) is 11.1 Å². The summed E-state index contributed by atoms with van der Waals surface area (Å²) in [5, 5.41) is 0. The third-order valence-corrected chi connectivity index (χ3v) is 5.52. The summed E-state index contributed by atoms with van der Waals surface area (Å²) >= 11 is 0. The van der Waals surface area contributed by atoms with Gasteiger partial charge in [-0.2, -0.15) is 0 Å². The van der Waals surface area contributed by atoms with Crippen LogP contribution >= 0.6 is 0 Å². The molecule has 2 heterocycles. The number of nitrogens with zero attached hydrogens (tertiary/aromatic N) is 2. The minimum Gasteiger partial charge on any atom is -0.303 e. The molecule has 0 radical (unpaired) electrons. The number of pyridine rings is 1. The first kappa shape index (κ1) is 20.0. The van der Waals surface area contributed by atoms with Gasteiger partial charge in [0.05, 0.1) is 0 Å². The molecule has 1 aliphatic heterocycles. The van der Waals surface area contributed by atoms with Gasteiger partial charge >= 0.3 is 0 Å². The van der Waals surface area contributed by atoms with Crippen molar-refractivity contribution in [1.29, 1.82) is 0 Å². The monoisotopic (exact) mass is 368 g/mol. The van der Waals surface area contributed by atoms with Gasteiger partial charge in [-0.15, -0.1) is 0 Å². The lowest BCUT2D eigenvalue weighted by molar-refractivity contribution is 0.133. The predicted octanol–water partition coefficient (Wildman–Crippen LogP) is 5.89. The maximum absolute atomic E-state index is 14.6. The summed E-state index contributed by atoms with van der Waals surface area (Å²) < 4.78 is 14.6. The van der Waals surface area contributed by atoms with E-state index in [0.29, 0.717) is 5.41 Å². The molecule has 0 unspecified atom stereocenters. The molecule has 27 heavy (non-hydrogen) atoms. The van der Waals surface area contributed by atoms with Gasteiger partial charge in [0, 0.05) is 24.0 Å². The van der Waals surface area contributed by atoms with Crippen LogP contribution in [0.5, 0.6) is 0 Å². The zero-order valence-corrected chi connectivity index (χ0v) is 17.3. The average Bonchev–Trinajstić information content (AvgIpc) is 2.61. The summed E-state index contributed by atoms with van der Waals surface area (Å²) in [5.74, 6) is 0.639. The first-order valence-corrected chi connectivity index (χ1v) is 10.2. The molecule has 0 aliphatic carbocycles. The summed E-state index contributed by atoms with van der Waals surface area (Å²) in [6, 6.07) is 9.61. The van der Waals surface area contributed by atoms with E-state index in [9.17, 15) is 4.39 Å². The first-order valence-electron chi connectivity index (χ1n) is 10.2. The normalized spacial score (nSPS) is 16.6. The molecule has 1 aliphatic rings. The molecule has 1 saturated heterocycles. The fraction of sp³-hybridized carbons (Fsp3) is 0.542. The fourth-order valence-corrected chi connectivity index (χ4v) is 4.03. The van der Waals surface area contributed by atoms with E-state index >= 15 is 0 Å². The third kappa shape index (κ3) is 5.87. The standard InChI is InChI=1S/C24H33FN2/c1-18-5-7-22(16-26-18)21-10-9-20(23(25)15-21)8-6-19-11-13-27(14-12-19)17-24(2,3)4/h5,7,9-10,15-16,19H,6,8,11-14,17H2,1-4H3. The summed E-state index contributed by atoms with van der Waals surface area (Å²) in [5.41, 5.74) is 4.06. The molecule has 1 aromatic heterocycles. The summed E-state index contributed by atoms with van der Waals surface area (Å²) in [7, 11) is 0. The number of rotatable bonds is 5. The Hall–Kier alpha value is -1.74. The van der Waals surface area contributed by atoms with Crippen molar-refractivity contribution in [2.24, 2.45) is 11.3 Å². The van der Waals surface area contributed by atoms with E-state index in [1.54, 1.807) is 6.07 Å². The van der Waals surface area contributed by atoms with E-state index in [1.807, 2.05) is 37.4 Å². The van der Waals surface area contributed by atoms with Crippen molar-refractivity contribution in [2.75, 3.05) is 19.6 Å². The van der Waals surface area contributed by atoms with Crippen molar-refractivity contribution < 1.29 is 4.39 Å². The molecule has 2 aromatic rings. The van der Waals surface area contributed by atoms with Gasteiger partial charge in [0.15, 0.2) is 0 Å². The molecule has 2 nitrogen and oxygen atoms in total. The van der Waals surface area contributed by atoms with Crippen LogP contribution in [0.15, 0.2) is 36.5 Å². The fourth-order valence-electron chi connectivity index (χ4n) is 4.03. The van der Waals surface area contributed by atoms with Gasteiger partial charge in [-0.25, -0.2) is 4.39 Å². The van der Waals surface area contributed by atoms with E-state index in [0.717, 1.165) is 41.1 Å². The van der Waals surface area contributed by atoms with Crippen LogP contribution in [0, 0.1) is 24.1 Å². The van der Waals surface area contributed by atoms with Crippen molar-refractivity contribution in [1.82, 2.24) is 9.88 Å². The molecule has 0 saturated carbocycles. The van der Waals surface area contributed by atoms with Crippen molar-refractivity contribution in [3.63, 3.8) is 0 Å². The first-order chi connectivity index (χ1) is 12.8. The van der Waals surface area contributed by atoms with Crippen LogP contribution in [-0.2, 0) is 6.42 Å². The molecule has 0 atom stereocenters. The average molecular weight is 369 g/mol. The quantitative estimate of drug-likeness (QED) is 0.654. The number of hydrogen-bond donors (Lipinski definition) is 0. The number of aryl methyl sites for hydroxylation is 2. The van der Waals surface area contributed by atoms with Gasteiger partial charge in [0.2, 0.25) is 0 Å². The molecule has 0 spiro atoms. The number of likely N-dealkylation sites (tertiary alicyclic amines) is 1. The Labute approximate surface area is 163 Å². The highest BCUT2D eigenvalue weighted by atomic mass is 19.1. The van der Waals surface area contributed by atoms with Crippen molar-refractivity contribution in [2.45, 2.75) is 53.4 Å². The molecule has 3 rings (SSSR count). The van der Waals surface area contributed by atoms with Crippen LogP contribution < -0.4 is 0 Å². The smallest absolute Gasteiger partial charge is 0.127 e. The van der Waals surface area contributed by atoms with Crippen LogP contribution in [0.2, 0.25) is 0 Å². The number of benzene rings is 1. The van der Waals surface area contributed by atoms with E-state index in [4.69, 9.17) is 0 Å². The largest absolute Gasteiger partial charge is 0.303 e. The number of hydrogen-bond acceptors (Lipinski definition) is 2. The summed E-state index contributed by atoms with van der Waals surface area (Å²) in [6.07, 6.45) is 6.22. The second kappa shape index (κ2) is 8.52. The Bertz CT molecular complexity index is 738. The van der Waals surface area contributed by atoms with Gasteiger partial charge < -0.3 is 4.90 Å². The number of aromatic nitrogens is 1. The topological polar surface area (TPSA) is 16.1 Å². The van der Waals surface area contributed by atoms with Crippen LogP contribution in [0.25, 0.3) is 11.1 Å². The lowest BCUT2D eigenvalue weighted by atomic mass is 9.88. The Balaban J connectivity index is 1.52. The Morgan fingerprint density at radius 2 is 1.78 bits per heavy atom. The van der Waals surface area contributed by atoms with Crippen LogP contribution in [0.3, 0.4) is 0 Å². The SMILES string of the molecule is Cc1ccc(-c2ccc(CCC3CCN(CC(C)(C)C)CC3)c(F)c2)cn1. The van der Waals surface area contributed by atoms with E-state index in [-0.39, 0.29) is 5.82 Å². The van der Waals surface area contributed by atoms with Gasteiger partial charge in [-0.05, 0) is 80.3 Å². The van der Waals surface area contributed by atoms with Crippen LogP contribution in [-0.4, -0.2) is 29.5 Å². The highest BCUT2D eigenvalue weighted by molar-refractivity contribution is 5.62. The highest BCUT2D eigenvalue weighted by Crippen LogP contribution is 2.27. The van der Waals surface area contributed by atoms with E-state index in [2.05, 4.69) is 30.7 Å². The Morgan fingerprint density at radius 3 is 2.37 bits per heavy atom. The third-order valence-electron chi connectivity index (χ3n) is 5.52. The van der Waals surface area contributed by atoms with Crippen LogP contribution in [0.1, 0.15) is 51.3 Å². The summed E-state index contributed by atoms with van der Waals surface area (Å²) in [6.45, 7) is 12.4. The highest BCUT2D eigenvalue weighted by Gasteiger charge is 2.23. The lowest BCUT2D eigenvalue weighted by Gasteiger charge is -2.36. The molecular formula is C24H33FN2. The predicted molar refractivity (Wildman–Crippen MR) is 111 cm³/mol. The molecule has 0 N–H and O–H groups in total. The van der Waals surface area contributed by atoms with E-state index in [1.165, 1.54) is 32.5 Å². The number of halogens is 1. The van der Waals surface area contributed by atoms with E-state index < -0.39 is 0 Å². The van der Waals surface area contributed by atoms with Crippen LogP contribution in [0.4, 0.5) is 4.39 Å². The molecule has 0 bridgehead atoms. The van der Waals surface area contributed by atoms with Gasteiger partial charge in [-0.1, -0.05) is 39.0 Å². The minimum atomic E-state index is -0.0850. The molecule has 146 valence electrons.